The molecule has 0 N–H and O–H groups in total. The van der Waals surface area contributed by atoms with E-state index in [1.807, 2.05) is 0 Å². The average Bonchev–Trinajstić information content (AvgIpc) is 2.74. The second-order valence-electron chi connectivity index (χ2n) is 4.12. The van der Waals surface area contributed by atoms with Crippen LogP contribution in [0, 0.1) is 0 Å². The first-order valence-electron chi connectivity index (χ1n) is 5.71. The van der Waals surface area contributed by atoms with Gasteiger partial charge in [0.15, 0.2) is 0 Å². The minimum Gasteiger partial charge on any atom is -0.462 e. The molecule has 0 aliphatic heterocycles. The van der Waals surface area contributed by atoms with E-state index in [1.165, 1.54) is 6.07 Å². The Labute approximate surface area is 110 Å². The second-order valence-corrected chi connectivity index (χ2v) is 6.66. The fraction of sp³-hybridized carbons (Fsp3) is 0.417. The average molecular weight is 289 g/mol. The van der Waals surface area contributed by atoms with Crippen molar-refractivity contribution in [1.29, 1.82) is 0 Å². The number of hydrogen-bond acceptors (Lipinski definition) is 4. The van der Waals surface area contributed by atoms with Gasteiger partial charge in [0.1, 0.15) is 0 Å². The molecule has 0 amide bonds. The smallest absolute Gasteiger partial charge is 0.338 e. The lowest BCUT2D eigenvalue weighted by atomic mass is 10.1. The minimum absolute atomic E-state index is 0.0437. The van der Waals surface area contributed by atoms with Gasteiger partial charge in [-0.2, -0.15) is 0 Å². The number of aryl methyl sites for hydroxylation is 1. The normalized spacial score (nSPS) is 14.3. The van der Waals surface area contributed by atoms with E-state index in [0.717, 1.165) is 24.0 Å². The summed E-state index contributed by atoms with van der Waals surface area (Å²) in [6.45, 7) is 1.95. The first kappa shape index (κ1) is 13.4. The molecule has 98 valence electrons. The van der Waals surface area contributed by atoms with Crippen LogP contribution in [0.1, 0.15) is 34.8 Å². The SMILES string of the molecule is CCOC(=O)c1cc2c(c(S(=O)(=O)Cl)c1)CCC2. The molecular formula is C12H13ClO4S. The number of rotatable bonds is 3. The standard InChI is InChI=1S/C12H13ClO4S/c1-2-17-12(14)9-6-8-4-3-5-10(8)11(7-9)18(13,15)16/h6-7H,2-5H2,1H3. The van der Waals surface area contributed by atoms with Gasteiger partial charge in [0.2, 0.25) is 0 Å². The fourth-order valence-electron chi connectivity index (χ4n) is 2.22. The van der Waals surface area contributed by atoms with Gasteiger partial charge in [-0.15, -0.1) is 0 Å². The lowest BCUT2D eigenvalue weighted by Crippen LogP contribution is -2.08. The van der Waals surface area contributed by atoms with Crippen LogP contribution < -0.4 is 0 Å². The van der Waals surface area contributed by atoms with Crippen molar-refractivity contribution in [3.63, 3.8) is 0 Å². The van der Waals surface area contributed by atoms with Crippen molar-refractivity contribution in [2.24, 2.45) is 0 Å². The molecule has 0 bridgehead atoms. The Bertz CT molecular complexity index is 592. The number of hydrogen-bond donors (Lipinski definition) is 0. The van der Waals surface area contributed by atoms with Crippen molar-refractivity contribution in [1.82, 2.24) is 0 Å². The molecule has 1 aromatic rings. The summed E-state index contributed by atoms with van der Waals surface area (Å²) in [6, 6.07) is 3.01. The summed E-state index contributed by atoms with van der Waals surface area (Å²) in [5.41, 5.74) is 1.86. The third kappa shape index (κ3) is 2.52. The summed E-state index contributed by atoms with van der Waals surface area (Å²) in [5, 5.41) is 0. The van der Waals surface area contributed by atoms with Crippen molar-refractivity contribution < 1.29 is 17.9 Å². The van der Waals surface area contributed by atoms with Crippen molar-refractivity contribution >= 4 is 25.7 Å². The minimum atomic E-state index is -3.83. The van der Waals surface area contributed by atoms with Crippen LogP contribution in [0.3, 0.4) is 0 Å². The topological polar surface area (TPSA) is 60.4 Å². The highest BCUT2D eigenvalue weighted by Gasteiger charge is 2.25. The predicted molar refractivity (Wildman–Crippen MR) is 67.5 cm³/mol. The molecule has 0 heterocycles. The monoisotopic (exact) mass is 288 g/mol. The van der Waals surface area contributed by atoms with E-state index in [2.05, 4.69) is 0 Å². The first-order chi connectivity index (χ1) is 8.43. The largest absolute Gasteiger partial charge is 0.462 e. The van der Waals surface area contributed by atoms with Gasteiger partial charge in [-0.25, -0.2) is 13.2 Å². The highest BCUT2D eigenvalue weighted by atomic mass is 35.7. The lowest BCUT2D eigenvalue weighted by molar-refractivity contribution is 0.0526. The van der Waals surface area contributed by atoms with Gasteiger partial charge in [0.25, 0.3) is 9.05 Å². The number of esters is 1. The van der Waals surface area contributed by atoms with Crippen LogP contribution >= 0.6 is 10.7 Å². The van der Waals surface area contributed by atoms with Crippen LogP contribution in [0.25, 0.3) is 0 Å². The van der Waals surface area contributed by atoms with Crippen molar-refractivity contribution in [2.75, 3.05) is 6.61 Å². The Kier molecular flexibility index (Phi) is 3.64. The fourth-order valence-corrected chi connectivity index (χ4v) is 3.42. The Morgan fingerprint density at radius 3 is 2.72 bits per heavy atom. The molecule has 6 heteroatoms. The maximum Gasteiger partial charge on any atom is 0.338 e. The molecule has 0 fully saturated rings. The predicted octanol–water partition coefficient (Wildman–Crippen LogP) is 2.28. The molecule has 18 heavy (non-hydrogen) atoms. The highest BCUT2D eigenvalue weighted by Crippen LogP contribution is 2.31. The number of benzene rings is 1. The maximum absolute atomic E-state index is 11.7. The van der Waals surface area contributed by atoms with Gasteiger partial charge in [-0.1, -0.05) is 0 Å². The van der Waals surface area contributed by atoms with Crippen LogP contribution in [0.2, 0.25) is 0 Å². The van der Waals surface area contributed by atoms with E-state index in [-0.39, 0.29) is 17.1 Å². The van der Waals surface area contributed by atoms with Gasteiger partial charge in [0, 0.05) is 10.7 Å². The molecule has 4 nitrogen and oxygen atoms in total. The molecule has 0 aromatic heterocycles. The number of carbonyl (C=O) groups is 1. The highest BCUT2D eigenvalue weighted by molar-refractivity contribution is 8.13. The summed E-state index contributed by atoms with van der Waals surface area (Å²) in [6.07, 6.45) is 2.32. The quantitative estimate of drug-likeness (QED) is 0.632. The van der Waals surface area contributed by atoms with Crippen LogP contribution in [0.5, 0.6) is 0 Å². The van der Waals surface area contributed by atoms with E-state index in [9.17, 15) is 13.2 Å². The van der Waals surface area contributed by atoms with Gasteiger partial charge < -0.3 is 4.74 Å². The zero-order valence-electron chi connectivity index (χ0n) is 9.90. The molecule has 1 aromatic carbocycles. The molecule has 0 saturated heterocycles. The van der Waals surface area contributed by atoms with Crippen molar-refractivity contribution in [3.8, 4) is 0 Å². The van der Waals surface area contributed by atoms with Crippen molar-refractivity contribution in [2.45, 2.75) is 31.1 Å². The molecule has 0 unspecified atom stereocenters. The zero-order chi connectivity index (χ0) is 13.3. The van der Waals surface area contributed by atoms with E-state index in [1.54, 1.807) is 13.0 Å². The summed E-state index contributed by atoms with van der Waals surface area (Å²) in [7, 11) is 1.58. The van der Waals surface area contributed by atoms with Crippen LogP contribution in [0.15, 0.2) is 17.0 Å². The molecule has 1 aliphatic carbocycles. The Balaban J connectivity index is 2.56. The first-order valence-corrected chi connectivity index (χ1v) is 8.02. The zero-order valence-corrected chi connectivity index (χ0v) is 11.5. The third-order valence-corrected chi connectivity index (χ3v) is 4.34. The van der Waals surface area contributed by atoms with Gasteiger partial charge in [-0.3, -0.25) is 0 Å². The maximum atomic E-state index is 11.7. The van der Waals surface area contributed by atoms with Crippen LogP contribution in [0.4, 0.5) is 0 Å². The molecule has 0 saturated carbocycles. The molecule has 0 radical (unpaired) electrons. The number of halogens is 1. The van der Waals surface area contributed by atoms with Gasteiger partial charge >= 0.3 is 5.97 Å². The summed E-state index contributed by atoms with van der Waals surface area (Å²) < 4.78 is 28.0. The van der Waals surface area contributed by atoms with E-state index >= 15 is 0 Å². The molecule has 0 spiro atoms. The van der Waals surface area contributed by atoms with E-state index in [4.69, 9.17) is 15.4 Å². The Morgan fingerprint density at radius 2 is 2.11 bits per heavy atom. The van der Waals surface area contributed by atoms with Crippen LogP contribution in [-0.4, -0.2) is 21.0 Å². The number of carbonyl (C=O) groups excluding carboxylic acids is 1. The molecular weight excluding hydrogens is 276 g/mol. The Morgan fingerprint density at radius 1 is 1.39 bits per heavy atom. The Hall–Kier alpha value is -1.07. The van der Waals surface area contributed by atoms with Gasteiger partial charge in [-0.05, 0) is 49.4 Å². The van der Waals surface area contributed by atoms with Crippen LogP contribution in [-0.2, 0) is 26.6 Å². The van der Waals surface area contributed by atoms with E-state index < -0.39 is 15.0 Å². The summed E-state index contributed by atoms with van der Waals surface area (Å²) in [5.74, 6) is -0.520. The lowest BCUT2D eigenvalue weighted by Gasteiger charge is -2.09. The molecule has 2 rings (SSSR count). The summed E-state index contributed by atoms with van der Waals surface area (Å²) in [4.78, 5) is 11.7. The number of fused-ring (bicyclic) bond motifs is 1. The van der Waals surface area contributed by atoms with Crippen molar-refractivity contribution in [3.05, 3.63) is 28.8 Å². The second kappa shape index (κ2) is 4.90. The molecule has 0 atom stereocenters. The third-order valence-electron chi connectivity index (χ3n) is 2.95. The van der Waals surface area contributed by atoms with Gasteiger partial charge in [0.05, 0.1) is 17.1 Å². The summed E-state index contributed by atoms with van der Waals surface area (Å²) >= 11 is 0. The number of ether oxygens (including phenoxy) is 1. The van der Waals surface area contributed by atoms with E-state index in [0.29, 0.717) is 6.42 Å². The molecule has 1 aliphatic rings.